The van der Waals surface area contributed by atoms with E-state index >= 15 is 0 Å². The van der Waals surface area contributed by atoms with Crippen LogP contribution in [0.1, 0.15) is 35.6 Å². The summed E-state index contributed by atoms with van der Waals surface area (Å²) in [6.45, 7) is -2.45. The van der Waals surface area contributed by atoms with E-state index in [2.05, 4.69) is 10.1 Å². The van der Waals surface area contributed by atoms with Crippen molar-refractivity contribution in [2.24, 2.45) is 0 Å². The molecule has 1 unspecified atom stereocenters. The van der Waals surface area contributed by atoms with E-state index in [1.807, 2.05) is 0 Å². The molecule has 0 aliphatic carbocycles. The van der Waals surface area contributed by atoms with Gasteiger partial charge in [-0.2, -0.15) is 22.0 Å². The van der Waals surface area contributed by atoms with Crippen LogP contribution in [0.2, 0.25) is 0 Å². The molecule has 1 N–H and O–H groups in total. The molecule has 0 saturated carbocycles. The molecule has 1 saturated heterocycles. The lowest BCUT2D eigenvalue weighted by Crippen LogP contribution is -2.39. The van der Waals surface area contributed by atoms with E-state index in [-0.39, 0.29) is 30.2 Å². The monoisotopic (exact) mass is 456 g/mol. The SMILES string of the molecule is O=C(Cc1ccc(OC(F)F)cc1)NC(CN1CCCC1=O)c1cccc(C(F)(F)F)c1. The molecule has 0 spiro atoms. The molecule has 172 valence electrons. The molecule has 3 rings (SSSR count). The molecule has 1 heterocycles. The highest BCUT2D eigenvalue weighted by Gasteiger charge is 2.32. The Labute approximate surface area is 181 Å². The number of alkyl halides is 5. The van der Waals surface area contributed by atoms with E-state index in [1.54, 1.807) is 0 Å². The molecular formula is C22H21F5N2O3. The van der Waals surface area contributed by atoms with Gasteiger partial charge in [0.15, 0.2) is 0 Å². The molecule has 1 fully saturated rings. The highest BCUT2D eigenvalue weighted by molar-refractivity contribution is 5.80. The maximum atomic E-state index is 13.2. The fraction of sp³-hybridized carbons (Fsp3) is 0.364. The molecule has 2 aromatic rings. The van der Waals surface area contributed by atoms with Crippen molar-refractivity contribution in [1.29, 1.82) is 0 Å². The van der Waals surface area contributed by atoms with Crippen LogP contribution in [0.5, 0.6) is 5.75 Å². The molecule has 1 aliphatic rings. The number of hydrogen-bond acceptors (Lipinski definition) is 3. The first-order valence-electron chi connectivity index (χ1n) is 9.90. The Morgan fingerprint density at radius 3 is 2.44 bits per heavy atom. The highest BCUT2D eigenvalue weighted by atomic mass is 19.4. The number of nitrogens with zero attached hydrogens (tertiary/aromatic N) is 1. The smallest absolute Gasteiger partial charge is 0.416 e. The number of halogens is 5. The summed E-state index contributed by atoms with van der Waals surface area (Å²) in [5, 5.41) is 2.70. The van der Waals surface area contributed by atoms with Gasteiger partial charge in [-0.15, -0.1) is 0 Å². The molecule has 1 aliphatic heterocycles. The van der Waals surface area contributed by atoms with Crippen LogP contribution in [0.15, 0.2) is 48.5 Å². The third kappa shape index (κ3) is 6.41. The molecule has 2 aromatic carbocycles. The zero-order valence-electron chi connectivity index (χ0n) is 16.9. The number of carbonyl (C=O) groups excluding carboxylic acids is 2. The Balaban J connectivity index is 1.75. The van der Waals surface area contributed by atoms with E-state index in [0.717, 1.165) is 12.1 Å². The number of rotatable bonds is 8. The number of benzene rings is 2. The Bertz CT molecular complexity index is 947. The molecule has 10 heteroatoms. The van der Waals surface area contributed by atoms with Crippen LogP contribution in [0.3, 0.4) is 0 Å². The summed E-state index contributed by atoms with van der Waals surface area (Å²) >= 11 is 0. The van der Waals surface area contributed by atoms with Crippen LogP contribution in [-0.2, 0) is 22.2 Å². The van der Waals surface area contributed by atoms with Crippen molar-refractivity contribution in [2.45, 2.75) is 38.1 Å². The van der Waals surface area contributed by atoms with Crippen molar-refractivity contribution in [3.63, 3.8) is 0 Å². The summed E-state index contributed by atoms with van der Waals surface area (Å²) in [5.74, 6) is -0.661. The van der Waals surface area contributed by atoms with Crippen molar-refractivity contribution in [3.05, 3.63) is 65.2 Å². The third-order valence-corrected chi connectivity index (χ3v) is 5.04. The first-order chi connectivity index (χ1) is 15.1. The summed E-state index contributed by atoms with van der Waals surface area (Å²) in [6, 6.07) is 9.26. The van der Waals surface area contributed by atoms with Crippen molar-refractivity contribution < 1.29 is 36.3 Å². The van der Waals surface area contributed by atoms with Crippen LogP contribution in [0.25, 0.3) is 0 Å². The number of ether oxygens (including phenoxy) is 1. The Morgan fingerprint density at radius 2 is 1.84 bits per heavy atom. The van der Waals surface area contributed by atoms with Gasteiger partial charge in [0, 0.05) is 19.5 Å². The van der Waals surface area contributed by atoms with Gasteiger partial charge in [-0.3, -0.25) is 9.59 Å². The van der Waals surface area contributed by atoms with Crippen LogP contribution in [0.4, 0.5) is 22.0 Å². The van der Waals surface area contributed by atoms with E-state index in [9.17, 15) is 31.5 Å². The summed E-state index contributed by atoms with van der Waals surface area (Å²) in [5.41, 5.74) is -0.116. The molecular weight excluding hydrogens is 435 g/mol. The van der Waals surface area contributed by atoms with Gasteiger partial charge in [0.1, 0.15) is 5.75 Å². The normalized spacial score (nSPS) is 15.2. The lowest BCUT2D eigenvalue weighted by atomic mass is 10.0. The maximum Gasteiger partial charge on any atom is 0.416 e. The quantitative estimate of drug-likeness (QED) is 0.602. The third-order valence-electron chi connectivity index (χ3n) is 5.04. The molecule has 5 nitrogen and oxygen atoms in total. The van der Waals surface area contributed by atoms with E-state index in [0.29, 0.717) is 24.9 Å². The Kier molecular flexibility index (Phi) is 7.32. The summed E-state index contributed by atoms with van der Waals surface area (Å²) in [6.07, 6.45) is -3.67. The lowest BCUT2D eigenvalue weighted by molar-refractivity contribution is -0.137. The minimum atomic E-state index is -4.55. The average molecular weight is 456 g/mol. The van der Waals surface area contributed by atoms with Gasteiger partial charge in [0.05, 0.1) is 18.0 Å². The van der Waals surface area contributed by atoms with E-state index < -0.39 is 30.3 Å². The Morgan fingerprint density at radius 1 is 1.12 bits per heavy atom. The zero-order valence-corrected chi connectivity index (χ0v) is 16.9. The second-order valence-electron chi connectivity index (χ2n) is 7.39. The van der Waals surface area contributed by atoms with Crippen LogP contribution >= 0.6 is 0 Å². The number of hydrogen-bond donors (Lipinski definition) is 1. The van der Waals surface area contributed by atoms with Crippen LogP contribution < -0.4 is 10.1 Å². The van der Waals surface area contributed by atoms with Gasteiger partial charge in [-0.25, -0.2) is 0 Å². The minimum absolute atomic E-state index is 0.0487. The zero-order chi connectivity index (χ0) is 23.3. The summed E-state index contributed by atoms with van der Waals surface area (Å²) in [4.78, 5) is 26.1. The predicted molar refractivity (Wildman–Crippen MR) is 105 cm³/mol. The number of likely N-dealkylation sites (tertiary alicyclic amines) is 1. The fourth-order valence-electron chi connectivity index (χ4n) is 3.50. The largest absolute Gasteiger partial charge is 0.435 e. The maximum absolute atomic E-state index is 13.2. The second kappa shape index (κ2) is 9.97. The van der Waals surface area contributed by atoms with Crippen LogP contribution in [-0.4, -0.2) is 36.4 Å². The van der Waals surface area contributed by atoms with Gasteiger partial charge in [0.25, 0.3) is 0 Å². The first kappa shape index (κ1) is 23.5. The number of nitrogens with one attached hydrogen (secondary N) is 1. The lowest BCUT2D eigenvalue weighted by Gasteiger charge is -2.26. The minimum Gasteiger partial charge on any atom is -0.435 e. The molecule has 2 amide bonds. The molecule has 0 bridgehead atoms. The molecule has 32 heavy (non-hydrogen) atoms. The predicted octanol–water partition coefficient (Wildman–Crippen LogP) is 4.33. The van der Waals surface area contributed by atoms with Gasteiger partial charge < -0.3 is 15.0 Å². The number of carbonyl (C=O) groups is 2. The average Bonchev–Trinajstić information content (AvgIpc) is 3.12. The van der Waals surface area contributed by atoms with E-state index in [1.165, 1.54) is 41.3 Å². The summed E-state index contributed by atoms with van der Waals surface area (Å²) in [7, 11) is 0. The Hall–Kier alpha value is -3.17. The number of amides is 2. The fourth-order valence-corrected chi connectivity index (χ4v) is 3.50. The van der Waals surface area contributed by atoms with Crippen molar-refractivity contribution in [3.8, 4) is 5.75 Å². The molecule has 0 radical (unpaired) electrons. The highest BCUT2D eigenvalue weighted by Crippen LogP contribution is 2.31. The standard InChI is InChI=1S/C22H21F5N2O3/c23-21(24)32-17-8-6-14(7-9-17)11-19(30)28-18(13-29-10-2-5-20(29)31)15-3-1-4-16(12-15)22(25,26)27/h1,3-4,6-9,12,18,21H,2,5,10-11,13H2,(H,28,30). The van der Waals surface area contributed by atoms with Crippen molar-refractivity contribution in [1.82, 2.24) is 10.2 Å². The van der Waals surface area contributed by atoms with Gasteiger partial charge in [-0.05, 0) is 41.8 Å². The van der Waals surface area contributed by atoms with Crippen molar-refractivity contribution >= 4 is 11.8 Å². The first-order valence-corrected chi connectivity index (χ1v) is 9.90. The van der Waals surface area contributed by atoms with Crippen molar-refractivity contribution in [2.75, 3.05) is 13.1 Å². The van der Waals surface area contributed by atoms with Gasteiger partial charge >= 0.3 is 12.8 Å². The second-order valence-corrected chi connectivity index (χ2v) is 7.39. The molecule has 0 aromatic heterocycles. The van der Waals surface area contributed by atoms with Gasteiger partial charge in [0.2, 0.25) is 11.8 Å². The molecule has 1 atom stereocenters. The topological polar surface area (TPSA) is 58.6 Å². The van der Waals surface area contributed by atoms with Gasteiger partial charge in [-0.1, -0.05) is 24.3 Å². The summed E-state index contributed by atoms with van der Waals surface area (Å²) < 4.78 is 68.2. The van der Waals surface area contributed by atoms with E-state index in [4.69, 9.17) is 0 Å². The van der Waals surface area contributed by atoms with Crippen LogP contribution in [0, 0.1) is 0 Å².